The Morgan fingerprint density at radius 2 is 1.00 bits per heavy atom. The highest BCUT2D eigenvalue weighted by molar-refractivity contribution is 7.33. The highest BCUT2D eigenvalue weighted by Crippen LogP contribution is 2.49. The summed E-state index contributed by atoms with van der Waals surface area (Å²) in [5, 5.41) is 5.71. The summed E-state index contributed by atoms with van der Waals surface area (Å²) in [6.07, 6.45) is 0. The summed E-state index contributed by atoms with van der Waals surface area (Å²) in [6, 6.07) is 57.3. The molecule has 0 spiro atoms. The van der Waals surface area contributed by atoms with E-state index < -0.39 is 0 Å². The molecule has 7 heteroatoms. The maximum Gasteiger partial charge on any atom is 0.274 e. The summed E-state index contributed by atoms with van der Waals surface area (Å²) in [6.45, 7) is 20.4. The predicted octanol–water partition coefficient (Wildman–Crippen LogP) is 16.0. The highest BCUT2D eigenvalue weighted by Gasteiger charge is 2.45. The number of nitrogens with zero attached hydrogens (tertiary/aromatic N) is 2. The van der Waals surface area contributed by atoms with E-state index in [4.69, 9.17) is 13.9 Å². The van der Waals surface area contributed by atoms with Crippen LogP contribution < -0.4 is 30.1 Å². The normalized spacial score (nSPS) is 13.5. The fourth-order valence-corrected chi connectivity index (χ4v) is 12.1. The van der Waals surface area contributed by atoms with Gasteiger partial charge in [0.1, 0.15) is 28.6 Å². The van der Waals surface area contributed by atoms with Crippen LogP contribution in [0.4, 0.5) is 17.1 Å². The summed E-state index contributed by atoms with van der Waals surface area (Å²) in [5.41, 5.74) is 13.8. The molecule has 0 saturated carbocycles. The molecule has 0 aliphatic carbocycles. The van der Waals surface area contributed by atoms with E-state index in [1.807, 2.05) is 11.3 Å². The van der Waals surface area contributed by atoms with E-state index in [1.165, 1.54) is 36.9 Å². The van der Waals surface area contributed by atoms with Gasteiger partial charge in [-0.2, -0.15) is 0 Å². The Bertz CT molecular complexity index is 3800. The molecule has 0 radical (unpaired) electrons. The molecule has 11 aromatic rings. The summed E-state index contributed by atoms with van der Waals surface area (Å²) < 4.78 is 26.8. The van der Waals surface area contributed by atoms with Crippen LogP contribution in [0.2, 0.25) is 0 Å². The zero-order valence-electron chi connectivity index (χ0n) is 40.6. The number of anilines is 3. The molecule has 5 heterocycles. The summed E-state index contributed by atoms with van der Waals surface area (Å²) in [5.74, 6) is 3.29. The molecule has 0 saturated heterocycles. The molecule has 0 N–H and O–H groups in total. The van der Waals surface area contributed by atoms with E-state index in [9.17, 15) is 0 Å². The van der Waals surface area contributed by atoms with Crippen LogP contribution in [0.3, 0.4) is 0 Å². The molecule has 0 bridgehead atoms. The smallest absolute Gasteiger partial charge is 0.274 e. The van der Waals surface area contributed by atoms with Crippen molar-refractivity contribution in [3.05, 3.63) is 174 Å². The first-order chi connectivity index (χ1) is 33.1. The van der Waals surface area contributed by atoms with Crippen LogP contribution in [0.5, 0.6) is 23.0 Å². The van der Waals surface area contributed by atoms with Crippen LogP contribution in [-0.4, -0.2) is 11.3 Å². The number of thiophene rings is 1. The second kappa shape index (κ2) is 14.6. The van der Waals surface area contributed by atoms with Gasteiger partial charge in [-0.25, -0.2) is 0 Å². The number of hydrogen-bond donors (Lipinski definition) is 0. The van der Waals surface area contributed by atoms with Crippen molar-refractivity contribution >= 4 is 105 Å². The third-order valence-corrected chi connectivity index (χ3v) is 15.8. The van der Waals surface area contributed by atoms with E-state index in [1.54, 1.807) is 0 Å². The van der Waals surface area contributed by atoms with Gasteiger partial charge in [0.05, 0.1) is 22.4 Å². The first-order valence-electron chi connectivity index (χ1n) is 24.2. The number of fused-ring (bicyclic) bond motifs is 13. The fourth-order valence-electron chi connectivity index (χ4n) is 10.9. The lowest BCUT2D eigenvalue weighted by Gasteiger charge is -2.34. The van der Waals surface area contributed by atoms with Gasteiger partial charge in [0.2, 0.25) is 0 Å². The number of ether oxygens (including phenoxy) is 2. The SMILES string of the molecule is CC(C)(C)c1ccc2sc3c(c2c1)Oc1cc(N(c2ccccc2)c2ccccc2)cc2c1B3c1c(cc(-n3c4ccc(C(C)(C)C)cc4c4cc(C(C)(C)C)ccc43)c3oc4ccccc4c13)O2. The van der Waals surface area contributed by atoms with E-state index in [0.29, 0.717) is 0 Å². The maximum absolute atomic E-state index is 7.50. The van der Waals surface area contributed by atoms with E-state index >= 15 is 0 Å². The lowest BCUT2D eigenvalue weighted by molar-refractivity contribution is 0.468. The molecule has 2 aliphatic rings. The van der Waals surface area contributed by atoms with Gasteiger partial charge in [-0.05, 0) is 105 Å². The summed E-state index contributed by atoms with van der Waals surface area (Å²) in [4.78, 5) is 2.29. The zero-order valence-corrected chi connectivity index (χ0v) is 41.4. The molecule has 0 unspecified atom stereocenters. The average Bonchev–Trinajstić information content (AvgIpc) is 4.00. The molecule has 338 valence electrons. The highest BCUT2D eigenvalue weighted by atomic mass is 32.1. The molecule has 0 atom stereocenters. The van der Waals surface area contributed by atoms with Gasteiger partial charge in [0.15, 0.2) is 5.58 Å². The Morgan fingerprint density at radius 1 is 0.478 bits per heavy atom. The molecular formula is C62H53BN2O3S. The Balaban J connectivity index is 1.14. The van der Waals surface area contributed by atoms with Gasteiger partial charge in [0, 0.05) is 71.4 Å². The largest absolute Gasteiger partial charge is 0.458 e. The first-order valence-corrected chi connectivity index (χ1v) is 25.0. The van der Waals surface area contributed by atoms with Crippen LogP contribution in [0.25, 0.3) is 59.5 Å². The van der Waals surface area contributed by atoms with E-state index in [0.717, 1.165) is 95.0 Å². The van der Waals surface area contributed by atoms with E-state index in [2.05, 4.69) is 230 Å². The quantitative estimate of drug-likeness (QED) is 0.165. The van der Waals surface area contributed by atoms with Crippen molar-refractivity contribution in [2.24, 2.45) is 0 Å². The van der Waals surface area contributed by atoms with Crippen molar-refractivity contribution in [2.45, 2.75) is 78.6 Å². The van der Waals surface area contributed by atoms with Crippen molar-refractivity contribution in [2.75, 3.05) is 4.90 Å². The molecule has 0 fully saturated rings. The van der Waals surface area contributed by atoms with Crippen LogP contribution >= 0.6 is 11.3 Å². The standard InChI is InChI=1S/C62H53BN2O3S/c1-60(2,3)36-24-27-46-43(30-36)44-31-37(61(4,5)6)25-28-47(44)65(46)48-35-52-56(54-42-22-16-17-23-49(42)67-58(48)54)63-55-50(66-52)33-41(64(39-18-12-10-13-19-39)40-20-14-11-15-21-40)34-51(55)68-57-45-32-38(62(7,8)9)26-29-53(45)69-59(57)63/h10-35H,1-9H3. The van der Waals surface area contributed by atoms with Gasteiger partial charge in [-0.15, -0.1) is 11.3 Å². The van der Waals surface area contributed by atoms with Gasteiger partial charge in [-0.1, -0.05) is 135 Å². The lowest BCUT2D eigenvalue weighted by atomic mass is 9.37. The fraction of sp³-hybridized carbons (Fsp3) is 0.194. The molecular weight excluding hydrogens is 864 g/mol. The van der Waals surface area contributed by atoms with Crippen molar-refractivity contribution < 1.29 is 13.9 Å². The zero-order chi connectivity index (χ0) is 47.3. The number of hydrogen-bond acceptors (Lipinski definition) is 5. The molecule has 8 aromatic carbocycles. The minimum Gasteiger partial charge on any atom is -0.458 e. The number of rotatable bonds is 4. The summed E-state index contributed by atoms with van der Waals surface area (Å²) >= 11 is 1.83. The van der Waals surface area contributed by atoms with Gasteiger partial charge < -0.3 is 23.4 Å². The second-order valence-corrected chi connectivity index (χ2v) is 23.2. The first kappa shape index (κ1) is 41.9. The van der Waals surface area contributed by atoms with Gasteiger partial charge in [0.25, 0.3) is 6.71 Å². The number of furan rings is 1. The third-order valence-electron chi connectivity index (χ3n) is 14.6. The molecule has 5 nitrogen and oxygen atoms in total. The summed E-state index contributed by atoms with van der Waals surface area (Å²) in [7, 11) is 0. The monoisotopic (exact) mass is 916 g/mol. The molecule has 69 heavy (non-hydrogen) atoms. The van der Waals surface area contributed by atoms with Crippen LogP contribution in [0.15, 0.2) is 162 Å². The number of benzene rings is 8. The minimum absolute atomic E-state index is 0.0267. The van der Waals surface area contributed by atoms with E-state index in [-0.39, 0.29) is 23.0 Å². The van der Waals surface area contributed by atoms with Crippen molar-refractivity contribution in [3.63, 3.8) is 0 Å². The van der Waals surface area contributed by atoms with Crippen molar-refractivity contribution in [1.82, 2.24) is 4.57 Å². The van der Waals surface area contributed by atoms with Crippen molar-refractivity contribution in [3.8, 4) is 28.7 Å². The Hall–Kier alpha value is -7.22. The Labute approximate surface area is 407 Å². The average molecular weight is 917 g/mol. The Morgan fingerprint density at radius 3 is 1.59 bits per heavy atom. The van der Waals surface area contributed by atoms with Crippen LogP contribution in [0, 0.1) is 0 Å². The van der Waals surface area contributed by atoms with Crippen molar-refractivity contribution in [1.29, 1.82) is 0 Å². The topological polar surface area (TPSA) is 39.8 Å². The second-order valence-electron chi connectivity index (χ2n) is 22.2. The maximum atomic E-state index is 7.50. The minimum atomic E-state index is -0.201. The van der Waals surface area contributed by atoms with Crippen LogP contribution in [0.1, 0.15) is 79.0 Å². The van der Waals surface area contributed by atoms with Crippen LogP contribution in [-0.2, 0) is 16.2 Å². The number of para-hydroxylation sites is 3. The molecule has 2 aliphatic heterocycles. The molecule has 13 rings (SSSR count). The Kier molecular flexibility index (Phi) is 8.90. The lowest BCUT2D eigenvalue weighted by Crippen LogP contribution is -2.56. The molecule has 3 aromatic heterocycles. The third kappa shape index (κ3) is 6.43. The predicted molar refractivity (Wildman–Crippen MR) is 292 cm³/mol. The number of aromatic nitrogens is 1. The van der Waals surface area contributed by atoms with Gasteiger partial charge in [-0.3, -0.25) is 0 Å². The molecule has 0 amide bonds. The van der Waals surface area contributed by atoms with Gasteiger partial charge >= 0.3 is 0 Å².